The predicted molar refractivity (Wildman–Crippen MR) is 85.2 cm³/mol. The third-order valence-corrected chi connectivity index (χ3v) is 3.52. The molecule has 1 atom stereocenters. The second kappa shape index (κ2) is 7.50. The van der Waals surface area contributed by atoms with Crippen molar-refractivity contribution in [3.8, 4) is 0 Å². The number of hydrogen-bond donors (Lipinski definition) is 1. The van der Waals surface area contributed by atoms with Crippen molar-refractivity contribution in [1.82, 2.24) is 20.2 Å². The van der Waals surface area contributed by atoms with Crippen molar-refractivity contribution >= 4 is 11.9 Å². The molecule has 0 aromatic carbocycles. The van der Waals surface area contributed by atoms with Crippen LogP contribution in [0.15, 0.2) is 18.6 Å². The van der Waals surface area contributed by atoms with Gasteiger partial charge in [-0.2, -0.15) is 0 Å². The van der Waals surface area contributed by atoms with Gasteiger partial charge in [-0.15, -0.1) is 0 Å². The molecular weight excluding hydrogens is 296 g/mol. The number of ether oxygens (including phenoxy) is 1. The number of nitrogens with zero attached hydrogens (tertiary/aromatic N) is 3. The topological polar surface area (TPSA) is 84.4 Å². The van der Waals surface area contributed by atoms with Gasteiger partial charge in [0.1, 0.15) is 11.3 Å². The fourth-order valence-corrected chi connectivity index (χ4v) is 2.49. The molecule has 126 valence electrons. The highest BCUT2D eigenvalue weighted by Crippen LogP contribution is 2.20. The van der Waals surface area contributed by atoms with Gasteiger partial charge in [0.15, 0.2) is 5.78 Å². The molecule has 1 fully saturated rings. The van der Waals surface area contributed by atoms with Gasteiger partial charge in [-0.25, -0.2) is 9.78 Å². The van der Waals surface area contributed by atoms with E-state index in [-0.39, 0.29) is 24.5 Å². The van der Waals surface area contributed by atoms with Gasteiger partial charge < -0.3 is 15.0 Å². The summed E-state index contributed by atoms with van der Waals surface area (Å²) in [5.41, 5.74) is -0.157. The standard InChI is InChI=1S/C16H24N4O3/c1-16(2,3)23-15(22)20-8-4-5-12(20)9-18-11-14(21)13-10-17-6-7-19-13/h6-7,10,12,18H,4-5,8-9,11H2,1-3H3. The van der Waals surface area contributed by atoms with Crippen LogP contribution < -0.4 is 5.32 Å². The highest BCUT2D eigenvalue weighted by Gasteiger charge is 2.31. The van der Waals surface area contributed by atoms with Crippen molar-refractivity contribution in [2.24, 2.45) is 0 Å². The van der Waals surface area contributed by atoms with Crippen LogP contribution in [0.1, 0.15) is 44.1 Å². The van der Waals surface area contributed by atoms with Gasteiger partial charge in [-0.1, -0.05) is 0 Å². The number of Topliss-reactive ketones (excluding diaryl/α,β-unsaturated/α-hetero) is 1. The molecule has 7 nitrogen and oxygen atoms in total. The maximum absolute atomic E-state index is 12.2. The van der Waals surface area contributed by atoms with E-state index in [4.69, 9.17) is 4.74 Å². The first-order valence-corrected chi connectivity index (χ1v) is 7.86. The lowest BCUT2D eigenvalue weighted by atomic mass is 10.2. The molecular formula is C16H24N4O3. The highest BCUT2D eigenvalue weighted by molar-refractivity contribution is 5.95. The Bertz CT molecular complexity index is 542. The van der Waals surface area contributed by atoms with E-state index < -0.39 is 5.60 Å². The van der Waals surface area contributed by atoms with E-state index in [9.17, 15) is 9.59 Å². The normalized spacial score (nSPS) is 18.0. The Labute approximate surface area is 136 Å². The van der Waals surface area contributed by atoms with Gasteiger partial charge in [0.2, 0.25) is 0 Å². The summed E-state index contributed by atoms with van der Waals surface area (Å²) in [6.45, 7) is 7.00. The number of rotatable bonds is 5. The van der Waals surface area contributed by atoms with Gasteiger partial charge in [0, 0.05) is 31.5 Å². The minimum atomic E-state index is -0.500. The van der Waals surface area contributed by atoms with Crippen LogP contribution in [-0.4, -0.2) is 58.0 Å². The fraction of sp³-hybridized carbons (Fsp3) is 0.625. The molecule has 1 aromatic heterocycles. The Balaban J connectivity index is 1.80. The number of carbonyl (C=O) groups is 2. The lowest BCUT2D eigenvalue weighted by Gasteiger charge is -2.28. The number of aromatic nitrogens is 2. The van der Waals surface area contributed by atoms with E-state index in [1.807, 2.05) is 20.8 Å². The van der Waals surface area contributed by atoms with E-state index >= 15 is 0 Å². The Kier molecular flexibility index (Phi) is 5.65. The maximum Gasteiger partial charge on any atom is 0.410 e. The summed E-state index contributed by atoms with van der Waals surface area (Å²) in [5.74, 6) is -0.111. The summed E-state index contributed by atoms with van der Waals surface area (Å²) in [4.78, 5) is 33.7. The molecule has 23 heavy (non-hydrogen) atoms. The van der Waals surface area contributed by atoms with Crippen LogP contribution in [0.5, 0.6) is 0 Å². The lowest BCUT2D eigenvalue weighted by molar-refractivity contribution is 0.0227. The number of carbonyl (C=O) groups excluding carboxylic acids is 2. The molecule has 1 aliphatic heterocycles. The summed E-state index contributed by atoms with van der Waals surface area (Å²) in [5, 5.41) is 3.11. The first-order valence-electron chi connectivity index (χ1n) is 7.86. The van der Waals surface area contributed by atoms with Crippen molar-refractivity contribution in [2.75, 3.05) is 19.6 Å². The largest absolute Gasteiger partial charge is 0.444 e. The molecule has 2 heterocycles. The molecule has 1 unspecified atom stereocenters. The van der Waals surface area contributed by atoms with Crippen LogP contribution in [0.25, 0.3) is 0 Å². The monoisotopic (exact) mass is 320 g/mol. The summed E-state index contributed by atoms with van der Waals surface area (Å²) < 4.78 is 5.42. The van der Waals surface area contributed by atoms with E-state index in [0.29, 0.717) is 18.8 Å². The molecule has 0 spiro atoms. The van der Waals surface area contributed by atoms with Gasteiger partial charge in [-0.05, 0) is 33.6 Å². The lowest BCUT2D eigenvalue weighted by Crippen LogP contribution is -2.44. The van der Waals surface area contributed by atoms with Crippen molar-refractivity contribution in [3.05, 3.63) is 24.3 Å². The van der Waals surface area contributed by atoms with Gasteiger partial charge in [0.05, 0.1) is 12.7 Å². The molecule has 1 saturated heterocycles. The molecule has 0 radical (unpaired) electrons. The Morgan fingerprint density at radius 1 is 1.39 bits per heavy atom. The zero-order valence-electron chi connectivity index (χ0n) is 13.9. The summed E-state index contributed by atoms with van der Waals surface area (Å²) in [7, 11) is 0. The molecule has 1 aromatic rings. The quantitative estimate of drug-likeness (QED) is 0.830. The van der Waals surface area contributed by atoms with Crippen molar-refractivity contribution in [1.29, 1.82) is 0 Å². The van der Waals surface area contributed by atoms with Crippen LogP contribution in [0, 0.1) is 0 Å². The van der Waals surface area contributed by atoms with E-state index in [0.717, 1.165) is 12.8 Å². The molecule has 0 bridgehead atoms. The summed E-state index contributed by atoms with van der Waals surface area (Å²) >= 11 is 0. The van der Waals surface area contributed by atoms with Crippen LogP contribution in [0.3, 0.4) is 0 Å². The summed E-state index contributed by atoms with van der Waals surface area (Å²) in [6, 6.07) is 0.0551. The smallest absolute Gasteiger partial charge is 0.410 e. The van der Waals surface area contributed by atoms with Crippen LogP contribution >= 0.6 is 0 Å². The number of nitrogens with one attached hydrogen (secondary N) is 1. The third-order valence-electron chi connectivity index (χ3n) is 3.52. The van der Waals surface area contributed by atoms with Gasteiger partial charge in [-0.3, -0.25) is 9.78 Å². The van der Waals surface area contributed by atoms with Crippen LogP contribution in [0.2, 0.25) is 0 Å². The highest BCUT2D eigenvalue weighted by atomic mass is 16.6. The van der Waals surface area contributed by atoms with Gasteiger partial charge in [0.25, 0.3) is 0 Å². The molecule has 2 rings (SSSR count). The SMILES string of the molecule is CC(C)(C)OC(=O)N1CCCC1CNCC(=O)c1cnccn1. The molecule has 7 heteroatoms. The number of likely N-dealkylation sites (tertiary alicyclic amines) is 1. The van der Waals surface area contributed by atoms with Crippen LogP contribution in [0.4, 0.5) is 4.79 Å². The first kappa shape index (κ1) is 17.3. The van der Waals surface area contributed by atoms with Gasteiger partial charge >= 0.3 is 6.09 Å². The number of ketones is 1. The third kappa shape index (κ3) is 5.28. The molecule has 1 N–H and O–H groups in total. The van der Waals surface area contributed by atoms with E-state index in [1.54, 1.807) is 4.90 Å². The molecule has 0 saturated carbocycles. The minimum Gasteiger partial charge on any atom is -0.444 e. The van der Waals surface area contributed by atoms with Crippen molar-refractivity contribution < 1.29 is 14.3 Å². The Morgan fingerprint density at radius 3 is 2.83 bits per heavy atom. The molecule has 1 amide bonds. The predicted octanol–water partition coefficient (Wildman–Crippen LogP) is 1.65. The van der Waals surface area contributed by atoms with Crippen LogP contribution in [-0.2, 0) is 4.74 Å². The van der Waals surface area contributed by atoms with Crippen molar-refractivity contribution in [2.45, 2.75) is 45.3 Å². The van der Waals surface area contributed by atoms with Crippen molar-refractivity contribution in [3.63, 3.8) is 0 Å². The second-order valence-corrected chi connectivity index (χ2v) is 6.61. The number of hydrogen-bond acceptors (Lipinski definition) is 6. The first-order chi connectivity index (χ1) is 10.9. The van der Waals surface area contributed by atoms with E-state index in [1.165, 1.54) is 18.6 Å². The zero-order chi connectivity index (χ0) is 16.9. The Hall–Kier alpha value is -2.02. The molecule has 0 aliphatic carbocycles. The second-order valence-electron chi connectivity index (χ2n) is 6.61. The van der Waals surface area contributed by atoms with E-state index in [2.05, 4.69) is 15.3 Å². The number of amides is 1. The average Bonchev–Trinajstić information content (AvgIpc) is 2.95. The molecule has 1 aliphatic rings. The zero-order valence-corrected chi connectivity index (χ0v) is 13.9. The fourth-order valence-electron chi connectivity index (χ4n) is 2.49. The maximum atomic E-state index is 12.2. The minimum absolute atomic E-state index is 0.0551. The summed E-state index contributed by atoms with van der Waals surface area (Å²) in [6.07, 6.45) is 6.04. The average molecular weight is 320 g/mol. The Morgan fingerprint density at radius 2 is 2.17 bits per heavy atom.